The molecule has 3 rings (SSSR count). The number of halogens is 1. The number of anilines is 3. The molecule has 1 unspecified atom stereocenters. The van der Waals surface area contributed by atoms with Gasteiger partial charge in [-0.1, -0.05) is 6.07 Å². The predicted molar refractivity (Wildman–Crippen MR) is 108 cm³/mol. The van der Waals surface area contributed by atoms with Gasteiger partial charge in [-0.05, 0) is 60.8 Å². The van der Waals surface area contributed by atoms with Gasteiger partial charge < -0.3 is 15.7 Å². The third-order valence-corrected chi connectivity index (χ3v) is 6.31. The lowest BCUT2D eigenvalue weighted by atomic mass is 9.94. The highest BCUT2D eigenvalue weighted by atomic mass is 79.9. The Morgan fingerprint density at radius 2 is 2.11 bits per heavy atom. The van der Waals surface area contributed by atoms with Crippen molar-refractivity contribution in [3.8, 4) is 0 Å². The van der Waals surface area contributed by atoms with Crippen LogP contribution in [0.25, 0.3) is 0 Å². The van der Waals surface area contributed by atoms with Crippen molar-refractivity contribution in [1.82, 2.24) is 14.7 Å². The van der Waals surface area contributed by atoms with Gasteiger partial charge in [0.15, 0.2) is 0 Å². The summed E-state index contributed by atoms with van der Waals surface area (Å²) in [6.45, 7) is 3.68. The summed E-state index contributed by atoms with van der Waals surface area (Å²) in [5, 5.41) is 16.8. The number of aliphatic hydroxyl groups is 1. The van der Waals surface area contributed by atoms with E-state index in [1.807, 2.05) is 0 Å². The molecule has 4 N–H and O–H groups in total. The van der Waals surface area contributed by atoms with Crippen LogP contribution in [0.1, 0.15) is 26.7 Å². The molecule has 8 nitrogen and oxygen atoms in total. The van der Waals surface area contributed by atoms with E-state index in [0.29, 0.717) is 34.8 Å². The van der Waals surface area contributed by atoms with E-state index in [0.717, 1.165) is 0 Å². The number of nitrogens with zero attached hydrogens (tertiary/aromatic N) is 2. The topological polar surface area (TPSA) is 116 Å². The molecule has 1 aliphatic rings. The van der Waals surface area contributed by atoms with Crippen molar-refractivity contribution in [2.75, 3.05) is 17.2 Å². The second-order valence-corrected chi connectivity index (χ2v) is 9.55. The Morgan fingerprint density at radius 3 is 2.85 bits per heavy atom. The zero-order chi connectivity index (χ0) is 19.7. The van der Waals surface area contributed by atoms with Gasteiger partial charge in [-0.2, -0.15) is 4.98 Å². The molecule has 1 aliphatic heterocycles. The van der Waals surface area contributed by atoms with Crippen LogP contribution in [0.3, 0.4) is 0 Å². The van der Waals surface area contributed by atoms with Crippen molar-refractivity contribution >= 4 is 43.4 Å². The van der Waals surface area contributed by atoms with Crippen LogP contribution in [0.15, 0.2) is 39.8 Å². The first-order valence-corrected chi connectivity index (χ1v) is 10.8. The minimum atomic E-state index is -3.62. The quantitative estimate of drug-likeness (QED) is 0.521. The van der Waals surface area contributed by atoms with E-state index in [4.69, 9.17) is 0 Å². The van der Waals surface area contributed by atoms with E-state index in [9.17, 15) is 13.5 Å². The predicted octanol–water partition coefficient (Wildman–Crippen LogP) is 2.61. The van der Waals surface area contributed by atoms with E-state index in [1.54, 1.807) is 32.2 Å². The Hall–Kier alpha value is -1.75. The van der Waals surface area contributed by atoms with E-state index in [2.05, 4.69) is 41.3 Å². The van der Waals surface area contributed by atoms with Crippen molar-refractivity contribution in [2.45, 2.75) is 43.2 Å². The molecule has 0 saturated heterocycles. The SMILES string of the molecule is CC(C)(O)C1CCCNS(=O)(=O)c2cccc(c2)Nc2ncc(Br)c(n2)N1. The fourth-order valence-corrected chi connectivity index (χ4v) is 4.19. The molecular weight excluding hydrogens is 434 g/mol. The van der Waals surface area contributed by atoms with Crippen LogP contribution < -0.4 is 15.4 Å². The number of aromatic nitrogens is 2. The first-order valence-electron chi connectivity index (χ1n) is 8.53. The largest absolute Gasteiger partial charge is 0.388 e. The van der Waals surface area contributed by atoms with E-state index >= 15 is 0 Å². The lowest BCUT2D eigenvalue weighted by Crippen LogP contribution is -2.42. The van der Waals surface area contributed by atoms with E-state index < -0.39 is 15.6 Å². The molecule has 1 aromatic heterocycles. The number of sulfonamides is 1. The number of fused-ring (bicyclic) bond motifs is 4. The van der Waals surface area contributed by atoms with Gasteiger partial charge in [0, 0.05) is 18.4 Å². The van der Waals surface area contributed by atoms with Gasteiger partial charge in [-0.3, -0.25) is 0 Å². The summed E-state index contributed by atoms with van der Waals surface area (Å²) in [6, 6.07) is 6.14. The standard InChI is InChI=1S/C17H22BrN5O3S/c1-17(2,24)14-7-4-8-20-27(25,26)12-6-3-5-11(9-12)21-16-19-10-13(18)15(22-14)23-16/h3,5-6,9-10,14,20,24H,4,7-8H2,1-2H3,(H2,19,21,22,23). The highest BCUT2D eigenvalue weighted by molar-refractivity contribution is 9.10. The summed E-state index contributed by atoms with van der Waals surface area (Å²) in [5.41, 5.74) is -0.472. The van der Waals surface area contributed by atoms with Gasteiger partial charge >= 0.3 is 0 Å². The molecule has 10 heteroatoms. The Kier molecular flexibility index (Phi) is 5.71. The Bertz CT molecular complexity index is 930. The van der Waals surface area contributed by atoms with Crippen molar-refractivity contribution in [3.63, 3.8) is 0 Å². The molecule has 0 aliphatic carbocycles. The van der Waals surface area contributed by atoms with Crippen LogP contribution in [0, 0.1) is 0 Å². The van der Waals surface area contributed by atoms with Crippen molar-refractivity contribution in [1.29, 1.82) is 0 Å². The molecule has 0 saturated carbocycles. The lowest BCUT2D eigenvalue weighted by Gasteiger charge is -2.31. The van der Waals surface area contributed by atoms with Gasteiger partial charge in [-0.25, -0.2) is 18.1 Å². The second-order valence-electron chi connectivity index (χ2n) is 6.93. The fraction of sp³-hybridized carbons (Fsp3) is 0.412. The summed E-state index contributed by atoms with van der Waals surface area (Å²) < 4.78 is 28.3. The minimum absolute atomic E-state index is 0.166. The van der Waals surface area contributed by atoms with E-state index in [-0.39, 0.29) is 17.5 Å². The first kappa shape index (κ1) is 20.0. The normalized spacial score (nSPS) is 20.1. The van der Waals surface area contributed by atoms with Gasteiger partial charge in [0.05, 0.1) is 21.0 Å². The van der Waals surface area contributed by atoms with Crippen molar-refractivity contribution in [3.05, 3.63) is 34.9 Å². The Labute approximate surface area is 167 Å². The molecule has 2 aromatic rings. The number of hydrogen-bond donors (Lipinski definition) is 4. The maximum atomic E-state index is 12.5. The summed E-state index contributed by atoms with van der Waals surface area (Å²) in [4.78, 5) is 8.84. The van der Waals surface area contributed by atoms with Crippen LogP contribution in [0.2, 0.25) is 0 Å². The maximum Gasteiger partial charge on any atom is 0.240 e. The molecule has 2 heterocycles. The Morgan fingerprint density at radius 1 is 1.33 bits per heavy atom. The van der Waals surface area contributed by atoms with Gasteiger partial charge in [0.25, 0.3) is 0 Å². The molecule has 146 valence electrons. The summed E-state index contributed by atoms with van der Waals surface area (Å²) in [7, 11) is -3.62. The maximum absolute atomic E-state index is 12.5. The number of nitrogens with one attached hydrogen (secondary N) is 3. The van der Waals surface area contributed by atoms with Crippen LogP contribution in [0.4, 0.5) is 17.5 Å². The van der Waals surface area contributed by atoms with Crippen LogP contribution in [-0.4, -0.2) is 41.7 Å². The van der Waals surface area contributed by atoms with E-state index in [1.165, 1.54) is 12.1 Å². The van der Waals surface area contributed by atoms with Crippen molar-refractivity contribution in [2.24, 2.45) is 0 Å². The van der Waals surface area contributed by atoms with Crippen LogP contribution >= 0.6 is 15.9 Å². The van der Waals surface area contributed by atoms with Gasteiger partial charge in [-0.15, -0.1) is 0 Å². The first-order chi connectivity index (χ1) is 12.6. The fourth-order valence-electron chi connectivity index (χ4n) is 2.76. The van der Waals surface area contributed by atoms with Crippen LogP contribution in [0.5, 0.6) is 0 Å². The zero-order valence-corrected chi connectivity index (χ0v) is 17.4. The number of rotatable bonds is 1. The van der Waals surface area contributed by atoms with Crippen molar-refractivity contribution < 1.29 is 13.5 Å². The number of benzene rings is 1. The summed E-state index contributed by atoms with van der Waals surface area (Å²) in [6.07, 6.45) is 2.70. The van der Waals surface area contributed by atoms with Gasteiger partial charge in [0.2, 0.25) is 16.0 Å². The summed E-state index contributed by atoms with van der Waals surface area (Å²) >= 11 is 3.43. The molecule has 4 bridgehead atoms. The lowest BCUT2D eigenvalue weighted by molar-refractivity contribution is 0.0557. The smallest absolute Gasteiger partial charge is 0.240 e. The summed E-state index contributed by atoms with van der Waals surface area (Å²) in [5.74, 6) is 0.864. The van der Waals surface area contributed by atoms with Crippen LogP contribution in [-0.2, 0) is 10.0 Å². The Balaban J connectivity index is 2.03. The molecule has 0 spiro atoms. The average molecular weight is 456 g/mol. The third-order valence-electron chi connectivity index (χ3n) is 4.27. The molecular formula is C17H22BrN5O3S. The second kappa shape index (κ2) is 7.70. The minimum Gasteiger partial charge on any atom is -0.388 e. The molecule has 0 radical (unpaired) electrons. The third kappa shape index (κ3) is 4.95. The average Bonchev–Trinajstić information content (AvgIpc) is 2.59. The number of hydrogen-bond acceptors (Lipinski definition) is 7. The molecule has 27 heavy (non-hydrogen) atoms. The molecule has 0 amide bonds. The molecule has 1 atom stereocenters. The monoisotopic (exact) mass is 455 g/mol. The zero-order valence-electron chi connectivity index (χ0n) is 15.0. The molecule has 0 fully saturated rings. The highest BCUT2D eigenvalue weighted by Gasteiger charge is 2.28. The van der Waals surface area contributed by atoms with Gasteiger partial charge in [0.1, 0.15) is 5.82 Å². The highest BCUT2D eigenvalue weighted by Crippen LogP contribution is 2.27. The molecule has 1 aromatic carbocycles.